The summed E-state index contributed by atoms with van der Waals surface area (Å²) in [5, 5.41) is 13.0. The minimum Gasteiger partial charge on any atom is -0.507 e. The summed E-state index contributed by atoms with van der Waals surface area (Å²) >= 11 is 0. The number of aromatic hydroxyl groups is 1. The molecule has 36 heavy (non-hydrogen) atoms. The summed E-state index contributed by atoms with van der Waals surface area (Å²) in [4.78, 5) is 0. The molecule has 4 heteroatoms. The Morgan fingerprint density at radius 1 is 0.611 bits per heavy atom. The Morgan fingerprint density at radius 2 is 1.11 bits per heavy atom. The Bertz CT molecular complexity index is 1250. The second kappa shape index (κ2) is 10.4. The van der Waals surface area contributed by atoms with Gasteiger partial charge in [-0.05, 0) is 66.9 Å². The summed E-state index contributed by atoms with van der Waals surface area (Å²) in [6.07, 6.45) is 0. The van der Waals surface area contributed by atoms with E-state index in [1.54, 1.807) is 0 Å². The van der Waals surface area contributed by atoms with E-state index >= 15 is 0 Å². The molecule has 0 radical (unpaired) electrons. The number of phenols is 1. The van der Waals surface area contributed by atoms with Gasteiger partial charge < -0.3 is 14.6 Å². The maximum atomic E-state index is 11.3. The van der Waals surface area contributed by atoms with Gasteiger partial charge in [0.1, 0.15) is 28.7 Å². The van der Waals surface area contributed by atoms with E-state index in [-0.39, 0.29) is 19.4 Å². The highest BCUT2D eigenvalue weighted by Gasteiger charge is 2.25. The molecule has 1 atom stereocenters. The van der Waals surface area contributed by atoms with Crippen LogP contribution in [0.25, 0.3) is 0 Å². The third kappa shape index (κ3) is 6.09. The van der Waals surface area contributed by atoms with Crippen molar-refractivity contribution >= 4 is 19.2 Å². The van der Waals surface area contributed by atoms with Crippen molar-refractivity contribution in [3.8, 4) is 28.7 Å². The van der Waals surface area contributed by atoms with Crippen LogP contribution in [0.5, 0.6) is 28.7 Å². The van der Waals surface area contributed by atoms with Gasteiger partial charge in [0.25, 0.3) is 0 Å². The highest BCUT2D eigenvalue weighted by atomic mass is 31.1. The fourth-order valence-corrected chi connectivity index (χ4v) is 5.12. The lowest BCUT2D eigenvalue weighted by Crippen LogP contribution is -2.18. The van der Waals surface area contributed by atoms with Crippen molar-refractivity contribution in [3.05, 3.63) is 102 Å². The van der Waals surface area contributed by atoms with Crippen LogP contribution in [0.3, 0.4) is 0 Å². The van der Waals surface area contributed by atoms with Crippen LogP contribution in [0.4, 0.5) is 0 Å². The lowest BCUT2D eigenvalue weighted by molar-refractivity contribution is 0.451. The molecule has 0 aliphatic carbocycles. The smallest absolute Gasteiger partial charge is 0.139 e. The van der Waals surface area contributed by atoms with Gasteiger partial charge in [0.2, 0.25) is 0 Å². The van der Waals surface area contributed by atoms with Crippen molar-refractivity contribution in [2.45, 2.75) is 52.4 Å². The number of rotatable bonds is 6. The van der Waals surface area contributed by atoms with E-state index < -0.39 is 0 Å². The molecule has 186 valence electrons. The van der Waals surface area contributed by atoms with Gasteiger partial charge in [0.15, 0.2) is 0 Å². The summed E-state index contributed by atoms with van der Waals surface area (Å²) in [5.41, 5.74) is 1.75. The van der Waals surface area contributed by atoms with Gasteiger partial charge in [-0.1, -0.05) is 96.1 Å². The summed E-state index contributed by atoms with van der Waals surface area (Å²) < 4.78 is 13.0. The molecule has 0 aromatic heterocycles. The van der Waals surface area contributed by atoms with Crippen LogP contribution in [-0.2, 0) is 10.8 Å². The highest BCUT2D eigenvalue weighted by Crippen LogP contribution is 2.39. The number of benzene rings is 4. The van der Waals surface area contributed by atoms with Gasteiger partial charge in [0, 0.05) is 5.30 Å². The Balaban J connectivity index is 1.90. The fourth-order valence-electron chi connectivity index (χ4n) is 3.92. The summed E-state index contributed by atoms with van der Waals surface area (Å²) in [7, 11) is 0.132. The predicted molar refractivity (Wildman–Crippen MR) is 153 cm³/mol. The lowest BCUT2D eigenvalue weighted by Gasteiger charge is -2.25. The van der Waals surface area contributed by atoms with Crippen molar-refractivity contribution in [1.82, 2.24) is 0 Å². The number of ether oxygens (including phenoxy) is 2. The van der Waals surface area contributed by atoms with Gasteiger partial charge in [0.05, 0.1) is 5.30 Å². The Labute approximate surface area is 216 Å². The van der Waals surface area contributed by atoms with Crippen molar-refractivity contribution < 1.29 is 14.6 Å². The van der Waals surface area contributed by atoms with Crippen LogP contribution >= 0.6 is 8.58 Å². The first-order valence-corrected chi connectivity index (χ1v) is 13.3. The average Bonchev–Trinajstić information content (AvgIpc) is 2.82. The SMILES string of the molecule is CC(C)(C)c1cc(Oc2ccccc2)c(Pc2cccc(C(C)(C)C)c2O)c(Oc2ccccc2)c1. The molecule has 0 fully saturated rings. The third-order valence-electron chi connectivity index (χ3n) is 5.98. The first kappa shape index (κ1) is 25.8. The monoisotopic (exact) mass is 498 g/mol. The first-order valence-electron chi connectivity index (χ1n) is 12.3. The maximum Gasteiger partial charge on any atom is 0.139 e. The van der Waals surface area contributed by atoms with Crippen LogP contribution in [-0.4, -0.2) is 5.11 Å². The molecule has 0 aliphatic rings. The summed E-state index contributed by atoms with van der Waals surface area (Å²) in [5.74, 6) is 3.32. The number of phenolic OH excluding ortho intramolecular Hbond substituents is 1. The Morgan fingerprint density at radius 3 is 1.56 bits per heavy atom. The molecule has 0 amide bonds. The van der Waals surface area contributed by atoms with E-state index in [1.165, 1.54) is 0 Å². The maximum absolute atomic E-state index is 11.3. The molecule has 1 N–H and O–H groups in total. The second-order valence-electron chi connectivity index (χ2n) is 11.0. The van der Waals surface area contributed by atoms with Gasteiger partial charge in [-0.2, -0.15) is 0 Å². The van der Waals surface area contributed by atoms with Crippen LogP contribution in [0.2, 0.25) is 0 Å². The van der Waals surface area contributed by atoms with E-state index in [0.29, 0.717) is 5.75 Å². The highest BCUT2D eigenvalue weighted by molar-refractivity contribution is 7.56. The molecular formula is C32H35O3P. The van der Waals surface area contributed by atoms with Crippen molar-refractivity contribution in [3.63, 3.8) is 0 Å². The molecule has 0 heterocycles. The molecule has 4 rings (SSSR count). The van der Waals surface area contributed by atoms with Gasteiger partial charge >= 0.3 is 0 Å². The molecule has 3 nitrogen and oxygen atoms in total. The number of para-hydroxylation sites is 3. The molecule has 1 unspecified atom stereocenters. The second-order valence-corrected chi connectivity index (χ2v) is 12.3. The zero-order chi connectivity index (χ0) is 25.9. The minimum absolute atomic E-state index is 0.112. The lowest BCUT2D eigenvalue weighted by atomic mass is 9.86. The van der Waals surface area contributed by atoms with E-state index in [4.69, 9.17) is 9.47 Å². The summed E-state index contributed by atoms with van der Waals surface area (Å²) in [6.45, 7) is 12.9. The molecule has 4 aromatic rings. The van der Waals surface area contributed by atoms with Crippen molar-refractivity contribution in [1.29, 1.82) is 0 Å². The molecule has 0 saturated heterocycles. The molecule has 4 aromatic carbocycles. The fraction of sp³-hybridized carbons (Fsp3) is 0.250. The topological polar surface area (TPSA) is 38.7 Å². The van der Waals surface area contributed by atoms with Crippen LogP contribution in [0, 0.1) is 0 Å². The normalized spacial score (nSPS) is 12.2. The molecule has 0 saturated carbocycles. The number of hydrogen-bond donors (Lipinski definition) is 1. The van der Waals surface area contributed by atoms with Crippen molar-refractivity contribution in [2.75, 3.05) is 0 Å². The van der Waals surface area contributed by atoms with Gasteiger partial charge in [-0.15, -0.1) is 0 Å². The van der Waals surface area contributed by atoms with Gasteiger partial charge in [-0.25, -0.2) is 0 Å². The van der Waals surface area contributed by atoms with E-state index in [9.17, 15) is 5.11 Å². The van der Waals surface area contributed by atoms with Crippen LogP contribution in [0.1, 0.15) is 52.7 Å². The third-order valence-corrected chi connectivity index (χ3v) is 7.39. The first-order chi connectivity index (χ1) is 17.0. The Kier molecular flexibility index (Phi) is 7.43. The summed E-state index contributed by atoms with van der Waals surface area (Å²) in [6, 6.07) is 29.8. The number of hydrogen-bond acceptors (Lipinski definition) is 3. The standard InChI is InChI=1S/C32H35O3P/c1-31(2,3)22-20-26(34-23-14-9-7-10-15-23)30(27(21-22)35-24-16-11-8-12-17-24)36-28-19-13-18-25(29(28)33)32(4,5)6/h7-21,33,36H,1-6H3. The van der Waals surface area contributed by atoms with Gasteiger partial charge in [-0.3, -0.25) is 0 Å². The van der Waals surface area contributed by atoms with E-state index in [0.717, 1.165) is 44.7 Å². The van der Waals surface area contributed by atoms with E-state index in [1.807, 2.05) is 78.9 Å². The molecular weight excluding hydrogens is 463 g/mol. The molecule has 0 spiro atoms. The van der Waals surface area contributed by atoms with E-state index in [2.05, 4.69) is 53.7 Å². The predicted octanol–water partition coefficient (Wildman–Crippen LogP) is 8.20. The largest absolute Gasteiger partial charge is 0.507 e. The van der Waals surface area contributed by atoms with Crippen molar-refractivity contribution in [2.24, 2.45) is 0 Å². The average molecular weight is 499 g/mol. The zero-order valence-electron chi connectivity index (χ0n) is 21.9. The molecule has 0 bridgehead atoms. The quantitative estimate of drug-likeness (QED) is 0.272. The van der Waals surface area contributed by atoms with Crippen LogP contribution in [0.15, 0.2) is 91.0 Å². The Hall–Kier alpha value is -3.29. The minimum atomic E-state index is -0.173. The van der Waals surface area contributed by atoms with Crippen LogP contribution < -0.4 is 20.1 Å². The zero-order valence-corrected chi connectivity index (χ0v) is 22.9. The molecule has 0 aliphatic heterocycles.